The van der Waals surface area contributed by atoms with E-state index in [1.807, 2.05) is 11.3 Å². The summed E-state index contributed by atoms with van der Waals surface area (Å²) in [6.45, 7) is 0. The number of para-hydroxylation sites is 1. The molecule has 9 aromatic carbocycles. The monoisotopic (exact) mass is 679 g/mol. The minimum absolute atomic E-state index is 1.11. The van der Waals surface area contributed by atoms with E-state index < -0.39 is 0 Å². The van der Waals surface area contributed by atoms with Gasteiger partial charge in [-0.05, 0) is 75.0 Å². The number of anilines is 3. The summed E-state index contributed by atoms with van der Waals surface area (Å²) in [5.74, 6) is 0. The third-order valence-electron chi connectivity index (χ3n) is 10.3. The van der Waals surface area contributed by atoms with Gasteiger partial charge in [0, 0.05) is 42.2 Å². The zero-order valence-electron chi connectivity index (χ0n) is 28.4. The molecule has 0 aliphatic carbocycles. The van der Waals surface area contributed by atoms with Gasteiger partial charge in [0.05, 0.1) is 11.4 Å². The van der Waals surface area contributed by atoms with Crippen LogP contribution in [0, 0.1) is 0 Å². The van der Waals surface area contributed by atoms with E-state index in [0.29, 0.717) is 0 Å². The van der Waals surface area contributed by atoms with Crippen LogP contribution in [-0.4, -0.2) is 0 Å². The molecule has 0 radical (unpaired) electrons. The number of fused-ring (bicyclic) bond motifs is 6. The second kappa shape index (κ2) is 12.7. The smallest absolute Gasteiger partial charge is 0.0547 e. The van der Waals surface area contributed by atoms with Crippen LogP contribution in [0.1, 0.15) is 0 Å². The topological polar surface area (TPSA) is 3.24 Å². The minimum Gasteiger partial charge on any atom is -0.309 e. The number of nitrogens with zero attached hydrogens (tertiary/aromatic N) is 1. The van der Waals surface area contributed by atoms with E-state index in [2.05, 4.69) is 205 Å². The molecule has 0 aliphatic rings. The molecule has 1 heterocycles. The van der Waals surface area contributed by atoms with Gasteiger partial charge in [-0.15, -0.1) is 11.3 Å². The minimum atomic E-state index is 1.11. The van der Waals surface area contributed by atoms with Gasteiger partial charge in [0.15, 0.2) is 0 Å². The van der Waals surface area contributed by atoms with Crippen molar-refractivity contribution in [2.24, 2.45) is 0 Å². The first kappa shape index (κ1) is 30.4. The zero-order valence-corrected chi connectivity index (χ0v) is 29.2. The van der Waals surface area contributed by atoms with E-state index in [1.54, 1.807) is 0 Å². The maximum atomic E-state index is 2.47. The van der Waals surface area contributed by atoms with Crippen molar-refractivity contribution in [1.82, 2.24) is 0 Å². The van der Waals surface area contributed by atoms with Crippen LogP contribution in [-0.2, 0) is 0 Å². The van der Waals surface area contributed by atoms with Crippen LogP contribution in [0.15, 0.2) is 200 Å². The normalized spacial score (nSPS) is 11.5. The molecule has 0 unspecified atom stereocenters. The van der Waals surface area contributed by atoms with E-state index in [0.717, 1.165) is 17.1 Å². The van der Waals surface area contributed by atoms with Gasteiger partial charge in [0.1, 0.15) is 0 Å². The van der Waals surface area contributed by atoms with E-state index in [4.69, 9.17) is 0 Å². The summed E-state index contributed by atoms with van der Waals surface area (Å²) in [5, 5.41) is 7.59. The Morgan fingerprint density at radius 1 is 0.327 bits per heavy atom. The molecule has 2 heteroatoms. The number of thiophene rings is 1. The first-order valence-electron chi connectivity index (χ1n) is 17.8. The van der Waals surface area contributed by atoms with Crippen molar-refractivity contribution in [2.75, 3.05) is 4.90 Å². The van der Waals surface area contributed by atoms with Crippen LogP contribution < -0.4 is 4.90 Å². The summed E-state index contributed by atoms with van der Waals surface area (Å²) in [6.07, 6.45) is 0. The standard InChI is InChI=1S/C50H33NS/c1-3-14-34(15-4-1)35-26-29-39(30-27-35)51(47-25-12-11-21-42(47)37-16-5-2-6-17-37)48-33-46-45-32-38(41-24-13-19-36-18-7-8-20-40(36)41)28-31-49(45)52-50(46)44-23-10-9-22-43(44)48/h1-33H. The lowest BCUT2D eigenvalue weighted by molar-refractivity contribution is 1.30. The van der Waals surface area contributed by atoms with E-state index in [-0.39, 0.29) is 0 Å². The van der Waals surface area contributed by atoms with Crippen molar-refractivity contribution in [1.29, 1.82) is 0 Å². The molecule has 0 fully saturated rings. The van der Waals surface area contributed by atoms with Gasteiger partial charge in [-0.3, -0.25) is 0 Å². The molecule has 0 saturated carbocycles. The molecule has 0 N–H and O–H groups in total. The highest BCUT2D eigenvalue weighted by Crippen LogP contribution is 2.49. The molecule has 0 aliphatic heterocycles. The summed E-state index contributed by atoms with van der Waals surface area (Å²) < 4.78 is 2.62. The SMILES string of the molecule is c1ccc(-c2ccc(N(c3ccccc3-c3ccccc3)c3cc4c5cc(-c6cccc7ccccc67)ccc5sc4c4ccccc34)cc2)cc1. The summed E-state index contributed by atoms with van der Waals surface area (Å²) in [5.41, 5.74) is 10.7. The second-order valence-electron chi connectivity index (χ2n) is 13.3. The first-order valence-corrected chi connectivity index (χ1v) is 18.6. The summed E-state index contributed by atoms with van der Waals surface area (Å²) >= 11 is 1.89. The molecule has 0 saturated heterocycles. The third-order valence-corrected chi connectivity index (χ3v) is 11.5. The maximum Gasteiger partial charge on any atom is 0.0547 e. The average Bonchev–Trinajstić information content (AvgIpc) is 3.60. The molecule has 0 spiro atoms. The van der Waals surface area contributed by atoms with Gasteiger partial charge in [0.2, 0.25) is 0 Å². The average molecular weight is 680 g/mol. The Balaban J connectivity index is 1.24. The molecular formula is C50H33NS. The highest BCUT2D eigenvalue weighted by Gasteiger charge is 2.22. The van der Waals surface area contributed by atoms with Crippen LogP contribution >= 0.6 is 11.3 Å². The quantitative estimate of drug-likeness (QED) is 0.169. The van der Waals surface area contributed by atoms with Crippen LogP contribution in [0.25, 0.3) is 75.1 Å². The van der Waals surface area contributed by atoms with E-state index in [1.165, 1.54) is 75.1 Å². The van der Waals surface area contributed by atoms with Crippen molar-refractivity contribution < 1.29 is 0 Å². The fourth-order valence-electron chi connectivity index (χ4n) is 7.78. The lowest BCUT2D eigenvalue weighted by atomic mass is 9.96. The van der Waals surface area contributed by atoms with Gasteiger partial charge in [-0.2, -0.15) is 0 Å². The third kappa shape index (κ3) is 5.16. The molecule has 1 nitrogen and oxygen atoms in total. The van der Waals surface area contributed by atoms with Crippen LogP contribution in [0.4, 0.5) is 17.1 Å². The lowest BCUT2D eigenvalue weighted by Crippen LogP contribution is -2.11. The Morgan fingerprint density at radius 3 is 1.73 bits per heavy atom. The Kier molecular flexibility index (Phi) is 7.41. The van der Waals surface area contributed by atoms with Crippen molar-refractivity contribution in [3.8, 4) is 33.4 Å². The van der Waals surface area contributed by atoms with Gasteiger partial charge in [0.25, 0.3) is 0 Å². The molecule has 0 atom stereocenters. The van der Waals surface area contributed by atoms with Gasteiger partial charge in [-0.1, -0.05) is 164 Å². The van der Waals surface area contributed by atoms with Crippen LogP contribution in [0.5, 0.6) is 0 Å². The number of benzene rings is 9. The fourth-order valence-corrected chi connectivity index (χ4v) is 8.98. The van der Waals surface area contributed by atoms with Crippen molar-refractivity contribution >= 4 is 70.1 Å². The van der Waals surface area contributed by atoms with E-state index in [9.17, 15) is 0 Å². The molecule has 244 valence electrons. The first-order chi connectivity index (χ1) is 25.8. The van der Waals surface area contributed by atoms with Gasteiger partial charge in [-0.25, -0.2) is 0 Å². The largest absolute Gasteiger partial charge is 0.309 e. The summed E-state index contributed by atoms with van der Waals surface area (Å²) in [4.78, 5) is 2.47. The summed E-state index contributed by atoms with van der Waals surface area (Å²) in [6, 6.07) is 72.9. The molecular weight excluding hydrogens is 647 g/mol. The molecule has 0 amide bonds. The molecule has 10 aromatic rings. The zero-order chi connectivity index (χ0) is 34.4. The Morgan fingerprint density at radius 2 is 0.923 bits per heavy atom. The molecule has 10 rings (SSSR count). The fraction of sp³-hybridized carbons (Fsp3) is 0. The van der Waals surface area contributed by atoms with Gasteiger partial charge < -0.3 is 4.90 Å². The van der Waals surface area contributed by atoms with Crippen molar-refractivity contribution in [2.45, 2.75) is 0 Å². The van der Waals surface area contributed by atoms with E-state index >= 15 is 0 Å². The molecule has 1 aromatic heterocycles. The Labute approximate surface area is 307 Å². The highest BCUT2D eigenvalue weighted by atomic mass is 32.1. The number of hydrogen-bond donors (Lipinski definition) is 0. The van der Waals surface area contributed by atoms with Crippen molar-refractivity contribution in [3.05, 3.63) is 200 Å². The maximum absolute atomic E-state index is 2.47. The number of rotatable bonds is 6. The molecule has 0 bridgehead atoms. The molecule has 52 heavy (non-hydrogen) atoms. The van der Waals surface area contributed by atoms with Crippen molar-refractivity contribution in [3.63, 3.8) is 0 Å². The lowest BCUT2D eigenvalue weighted by Gasteiger charge is -2.29. The number of hydrogen-bond acceptors (Lipinski definition) is 2. The Hall–Kier alpha value is -6.48. The van der Waals surface area contributed by atoms with Crippen LogP contribution in [0.2, 0.25) is 0 Å². The Bertz CT molecular complexity index is 2880. The predicted molar refractivity (Wildman–Crippen MR) is 225 cm³/mol. The van der Waals surface area contributed by atoms with Gasteiger partial charge >= 0.3 is 0 Å². The van der Waals surface area contributed by atoms with Crippen LogP contribution in [0.3, 0.4) is 0 Å². The summed E-state index contributed by atoms with van der Waals surface area (Å²) in [7, 11) is 0. The highest BCUT2D eigenvalue weighted by molar-refractivity contribution is 7.26. The predicted octanol–water partition coefficient (Wildman–Crippen LogP) is 14.8. The second-order valence-corrected chi connectivity index (χ2v) is 14.3.